The summed E-state index contributed by atoms with van der Waals surface area (Å²) in [6, 6.07) is 0. The van der Waals surface area contributed by atoms with Crippen LogP contribution in [0.25, 0.3) is 0 Å². The fraction of sp³-hybridized carbons (Fsp3) is 0.333. The molecule has 2 aliphatic rings. The van der Waals surface area contributed by atoms with Gasteiger partial charge >= 0.3 is 0 Å². The molecule has 1 aliphatic heterocycles. The Labute approximate surface area is 101 Å². The van der Waals surface area contributed by atoms with Crippen molar-refractivity contribution in [3.63, 3.8) is 0 Å². The van der Waals surface area contributed by atoms with E-state index < -0.39 is 4.93 Å². The summed E-state index contributed by atoms with van der Waals surface area (Å²) < 4.78 is 0. The fourth-order valence-corrected chi connectivity index (χ4v) is 1.66. The van der Waals surface area contributed by atoms with Gasteiger partial charge in [0.2, 0.25) is 0 Å². The minimum absolute atomic E-state index is 0. The van der Waals surface area contributed by atoms with Crippen LogP contribution < -0.4 is 0 Å². The average molecular weight is 165 g/mol. The normalized spacial score (nSPS) is 43.4. The molecule has 2 rings (SSSR count). The van der Waals surface area contributed by atoms with E-state index in [9.17, 15) is 5.11 Å². The SMILES string of the molecule is OC12C=CC=CC1S2.[K]. The average Bonchev–Trinajstić information content (AvgIpc) is 2.39. The maximum atomic E-state index is 9.27. The quantitative estimate of drug-likeness (QED) is 0.417. The van der Waals surface area contributed by atoms with E-state index in [0.717, 1.165) is 0 Å². The third-order valence-corrected chi connectivity index (χ3v) is 2.68. The summed E-state index contributed by atoms with van der Waals surface area (Å²) in [6.07, 6.45) is 7.71. The Balaban J connectivity index is 0.000000405. The van der Waals surface area contributed by atoms with Gasteiger partial charge in [0.05, 0.1) is 5.25 Å². The summed E-state index contributed by atoms with van der Waals surface area (Å²) in [5.74, 6) is 0. The Morgan fingerprint density at radius 1 is 1.44 bits per heavy atom. The Morgan fingerprint density at radius 3 is 2.67 bits per heavy atom. The Hall–Kier alpha value is 1.43. The minimum atomic E-state index is -0.505. The van der Waals surface area contributed by atoms with Crippen LogP contribution in [-0.4, -0.2) is 66.7 Å². The molecule has 1 radical (unpaired) electrons. The topological polar surface area (TPSA) is 20.2 Å². The Bertz CT molecular complexity index is 178. The molecule has 0 aromatic rings. The molecule has 0 aromatic carbocycles. The van der Waals surface area contributed by atoms with Gasteiger partial charge in [-0.2, -0.15) is 0 Å². The second kappa shape index (κ2) is 2.81. The molecule has 2 unspecified atom stereocenters. The van der Waals surface area contributed by atoms with Crippen molar-refractivity contribution < 1.29 is 5.11 Å². The maximum Gasteiger partial charge on any atom is 0.145 e. The number of aliphatic hydroxyl groups is 1. The van der Waals surface area contributed by atoms with E-state index in [2.05, 4.69) is 0 Å². The predicted molar refractivity (Wildman–Crippen MR) is 40.4 cm³/mol. The van der Waals surface area contributed by atoms with Crippen molar-refractivity contribution in [2.45, 2.75) is 10.2 Å². The van der Waals surface area contributed by atoms with Crippen molar-refractivity contribution in [3.05, 3.63) is 24.3 Å². The number of thioether (sulfide) groups is 1. The van der Waals surface area contributed by atoms with E-state index in [4.69, 9.17) is 0 Å². The van der Waals surface area contributed by atoms with Crippen molar-refractivity contribution >= 4 is 63.1 Å². The van der Waals surface area contributed by atoms with E-state index in [1.54, 1.807) is 11.8 Å². The minimum Gasteiger partial charge on any atom is -0.374 e. The predicted octanol–water partition coefficient (Wildman–Crippen LogP) is 0.536. The van der Waals surface area contributed by atoms with E-state index >= 15 is 0 Å². The van der Waals surface area contributed by atoms with Crippen LogP contribution in [0.15, 0.2) is 24.3 Å². The molecule has 0 amide bonds. The molecule has 1 nitrogen and oxygen atoms in total. The monoisotopic (exact) mass is 165 g/mol. The first-order chi connectivity index (χ1) is 3.81. The van der Waals surface area contributed by atoms with Gasteiger partial charge in [-0.3, -0.25) is 0 Å². The number of hydrogen-bond donors (Lipinski definition) is 1. The first-order valence-electron chi connectivity index (χ1n) is 2.57. The first kappa shape index (κ1) is 8.52. The van der Waals surface area contributed by atoms with Gasteiger partial charge in [0.1, 0.15) is 4.93 Å². The smallest absolute Gasteiger partial charge is 0.145 e. The number of allylic oxidation sites excluding steroid dienone is 2. The van der Waals surface area contributed by atoms with Crippen LogP contribution in [-0.2, 0) is 0 Å². The van der Waals surface area contributed by atoms with Crippen molar-refractivity contribution in [3.8, 4) is 0 Å². The molecular weight excluding hydrogens is 159 g/mol. The summed E-state index contributed by atoms with van der Waals surface area (Å²) in [4.78, 5) is -0.505. The molecule has 0 bridgehead atoms. The Kier molecular flexibility index (Phi) is 2.66. The molecule has 1 heterocycles. The van der Waals surface area contributed by atoms with Crippen molar-refractivity contribution in [2.75, 3.05) is 0 Å². The summed E-state index contributed by atoms with van der Waals surface area (Å²) in [6.45, 7) is 0. The summed E-state index contributed by atoms with van der Waals surface area (Å²) >= 11 is 1.58. The Morgan fingerprint density at radius 2 is 2.22 bits per heavy atom. The molecule has 0 saturated carbocycles. The molecule has 3 heteroatoms. The zero-order valence-corrected chi connectivity index (χ0v) is 9.18. The first-order valence-corrected chi connectivity index (χ1v) is 3.45. The summed E-state index contributed by atoms with van der Waals surface area (Å²) in [7, 11) is 0. The van der Waals surface area contributed by atoms with Gasteiger partial charge in [-0.25, -0.2) is 0 Å². The zero-order chi connectivity index (χ0) is 5.61. The second-order valence-electron chi connectivity index (χ2n) is 2.03. The summed E-state index contributed by atoms with van der Waals surface area (Å²) in [5, 5.41) is 9.63. The maximum absolute atomic E-state index is 9.27. The number of rotatable bonds is 0. The fourth-order valence-electron chi connectivity index (χ4n) is 0.839. The van der Waals surface area contributed by atoms with Crippen LogP contribution in [0, 0.1) is 0 Å². The van der Waals surface area contributed by atoms with Crippen LogP contribution >= 0.6 is 11.8 Å². The summed E-state index contributed by atoms with van der Waals surface area (Å²) in [5.41, 5.74) is 0. The van der Waals surface area contributed by atoms with Gasteiger partial charge in [-0.1, -0.05) is 18.2 Å². The van der Waals surface area contributed by atoms with Crippen LogP contribution in [0.1, 0.15) is 0 Å². The van der Waals surface area contributed by atoms with Gasteiger partial charge < -0.3 is 5.11 Å². The zero-order valence-electron chi connectivity index (χ0n) is 5.24. The van der Waals surface area contributed by atoms with Crippen molar-refractivity contribution in [1.29, 1.82) is 0 Å². The molecule has 0 spiro atoms. The van der Waals surface area contributed by atoms with Crippen molar-refractivity contribution in [1.82, 2.24) is 0 Å². The van der Waals surface area contributed by atoms with Gasteiger partial charge in [0, 0.05) is 51.4 Å². The van der Waals surface area contributed by atoms with Crippen LogP contribution in [0.2, 0.25) is 0 Å². The third kappa shape index (κ3) is 1.53. The molecule has 9 heavy (non-hydrogen) atoms. The largest absolute Gasteiger partial charge is 0.374 e. The number of hydrogen-bond acceptors (Lipinski definition) is 2. The molecule has 1 saturated heterocycles. The molecule has 0 aromatic heterocycles. The van der Waals surface area contributed by atoms with Gasteiger partial charge in [-0.15, -0.1) is 11.8 Å². The van der Waals surface area contributed by atoms with E-state index in [1.165, 1.54) is 0 Å². The molecule has 1 fully saturated rings. The molecule has 1 N–H and O–H groups in total. The number of fused-ring (bicyclic) bond motifs is 1. The molecular formula is C6H6KOS. The standard InChI is InChI=1S/C6H6OS.K/c7-6-4-2-1-3-5(6)8-6;/h1-5,7H;. The van der Waals surface area contributed by atoms with Gasteiger partial charge in [-0.05, 0) is 6.08 Å². The van der Waals surface area contributed by atoms with E-state index in [0.29, 0.717) is 5.25 Å². The van der Waals surface area contributed by atoms with Crippen LogP contribution in [0.5, 0.6) is 0 Å². The third-order valence-electron chi connectivity index (χ3n) is 1.40. The molecule has 43 valence electrons. The van der Waals surface area contributed by atoms with Gasteiger partial charge in [0.25, 0.3) is 0 Å². The van der Waals surface area contributed by atoms with Crippen LogP contribution in [0.3, 0.4) is 0 Å². The van der Waals surface area contributed by atoms with Crippen LogP contribution in [0.4, 0.5) is 0 Å². The van der Waals surface area contributed by atoms with Crippen molar-refractivity contribution in [2.24, 2.45) is 0 Å². The second-order valence-corrected chi connectivity index (χ2v) is 3.43. The molecule has 1 aliphatic carbocycles. The van der Waals surface area contributed by atoms with E-state index in [1.807, 2.05) is 24.3 Å². The van der Waals surface area contributed by atoms with Gasteiger partial charge in [0.15, 0.2) is 0 Å². The molecule has 2 atom stereocenters. The van der Waals surface area contributed by atoms with E-state index in [-0.39, 0.29) is 51.4 Å².